The summed E-state index contributed by atoms with van der Waals surface area (Å²) in [5.41, 5.74) is 1.07. The van der Waals surface area contributed by atoms with Gasteiger partial charge in [-0.15, -0.1) is 0 Å². The van der Waals surface area contributed by atoms with Crippen molar-refractivity contribution in [2.24, 2.45) is 10.9 Å². The fourth-order valence-corrected chi connectivity index (χ4v) is 2.90. The van der Waals surface area contributed by atoms with Gasteiger partial charge in [-0.2, -0.15) is 0 Å². The highest BCUT2D eigenvalue weighted by atomic mass is 79.9. The number of hydrogen-bond donors (Lipinski definition) is 1. The summed E-state index contributed by atoms with van der Waals surface area (Å²) in [4.78, 5) is 6.41. The van der Waals surface area contributed by atoms with Crippen LogP contribution in [-0.4, -0.2) is 58.9 Å². The highest BCUT2D eigenvalue weighted by Crippen LogP contribution is 2.33. The van der Waals surface area contributed by atoms with E-state index in [1.165, 1.54) is 12.8 Å². The first-order valence-corrected chi connectivity index (χ1v) is 9.28. The van der Waals surface area contributed by atoms with E-state index in [0.29, 0.717) is 24.7 Å². The molecule has 0 saturated heterocycles. The predicted octanol–water partition coefficient (Wildman–Crippen LogP) is 2.90. The van der Waals surface area contributed by atoms with Crippen molar-refractivity contribution >= 4 is 21.9 Å². The molecule has 1 aliphatic rings. The van der Waals surface area contributed by atoms with Gasteiger partial charge in [0.1, 0.15) is 0 Å². The standard InChI is InChI=1S/C18H28BrN3O3/c1-20-18(22(2)7-8-25-12-13-5-6-13)21-11-14-9-16(23-3)17(24-4)10-15(14)19/h9-10,13H,5-8,11-12H2,1-4H3,(H,20,21). The molecule has 0 aromatic heterocycles. The van der Waals surface area contributed by atoms with E-state index in [9.17, 15) is 0 Å². The van der Waals surface area contributed by atoms with Crippen molar-refractivity contribution in [1.82, 2.24) is 10.2 Å². The molecule has 7 heteroatoms. The van der Waals surface area contributed by atoms with Crippen LogP contribution in [0.25, 0.3) is 0 Å². The molecule has 1 aliphatic carbocycles. The third-order valence-electron chi connectivity index (χ3n) is 4.18. The van der Waals surface area contributed by atoms with Crippen LogP contribution in [0.4, 0.5) is 0 Å². The van der Waals surface area contributed by atoms with E-state index in [-0.39, 0.29) is 0 Å². The van der Waals surface area contributed by atoms with Crippen molar-refractivity contribution in [2.75, 3.05) is 48.1 Å². The van der Waals surface area contributed by atoms with Crippen LogP contribution in [0.3, 0.4) is 0 Å². The molecule has 1 saturated carbocycles. The molecule has 0 atom stereocenters. The molecular formula is C18H28BrN3O3. The number of guanidine groups is 1. The van der Waals surface area contributed by atoms with E-state index in [2.05, 4.69) is 31.1 Å². The molecule has 0 amide bonds. The molecule has 0 heterocycles. The molecule has 0 unspecified atom stereocenters. The van der Waals surface area contributed by atoms with Crippen LogP contribution in [-0.2, 0) is 11.3 Å². The molecule has 1 fully saturated rings. The largest absolute Gasteiger partial charge is 0.493 e. The van der Waals surface area contributed by atoms with Crippen molar-refractivity contribution in [2.45, 2.75) is 19.4 Å². The minimum Gasteiger partial charge on any atom is -0.493 e. The van der Waals surface area contributed by atoms with E-state index < -0.39 is 0 Å². The predicted molar refractivity (Wildman–Crippen MR) is 104 cm³/mol. The highest BCUT2D eigenvalue weighted by Gasteiger charge is 2.21. The summed E-state index contributed by atoms with van der Waals surface area (Å²) in [6.07, 6.45) is 2.64. The number of rotatable bonds is 9. The van der Waals surface area contributed by atoms with Gasteiger partial charge in [-0.05, 0) is 36.5 Å². The summed E-state index contributed by atoms with van der Waals surface area (Å²) in [7, 11) is 7.06. The smallest absolute Gasteiger partial charge is 0.193 e. The van der Waals surface area contributed by atoms with E-state index >= 15 is 0 Å². The summed E-state index contributed by atoms with van der Waals surface area (Å²) >= 11 is 3.58. The fraction of sp³-hybridized carbons (Fsp3) is 0.611. The van der Waals surface area contributed by atoms with Crippen LogP contribution >= 0.6 is 15.9 Å². The second-order valence-corrected chi connectivity index (χ2v) is 6.99. The van der Waals surface area contributed by atoms with Gasteiger partial charge in [0.2, 0.25) is 0 Å². The van der Waals surface area contributed by atoms with Crippen LogP contribution in [0.15, 0.2) is 21.6 Å². The first kappa shape index (κ1) is 19.8. The number of methoxy groups -OCH3 is 2. The molecule has 1 aromatic carbocycles. The van der Waals surface area contributed by atoms with Gasteiger partial charge in [-0.25, -0.2) is 0 Å². The lowest BCUT2D eigenvalue weighted by atomic mass is 10.2. The number of benzene rings is 1. The molecule has 0 aliphatic heterocycles. The van der Waals surface area contributed by atoms with Crippen molar-refractivity contribution in [3.63, 3.8) is 0 Å². The highest BCUT2D eigenvalue weighted by molar-refractivity contribution is 9.10. The molecule has 0 bridgehead atoms. The summed E-state index contributed by atoms with van der Waals surface area (Å²) in [6.45, 7) is 3.03. The van der Waals surface area contributed by atoms with Crippen LogP contribution < -0.4 is 14.8 Å². The second-order valence-electron chi connectivity index (χ2n) is 6.14. The Morgan fingerprint density at radius 1 is 1.28 bits per heavy atom. The monoisotopic (exact) mass is 413 g/mol. The third-order valence-corrected chi connectivity index (χ3v) is 4.92. The maximum atomic E-state index is 5.70. The topological polar surface area (TPSA) is 55.3 Å². The van der Waals surface area contributed by atoms with Crippen LogP contribution in [0.2, 0.25) is 0 Å². The van der Waals surface area contributed by atoms with Crippen molar-refractivity contribution in [3.8, 4) is 11.5 Å². The zero-order valence-electron chi connectivity index (χ0n) is 15.5. The lowest BCUT2D eigenvalue weighted by Crippen LogP contribution is -2.40. The number of aliphatic imine (C=N–C) groups is 1. The SMILES string of the molecule is CN=C(NCc1cc(OC)c(OC)cc1Br)N(C)CCOCC1CC1. The number of nitrogens with one attached hydrogen (secondary N) is 1. The van der Waals surface area contributed by atoms with E-state index in [0.717, 1.165) is 35.1 Å². The molecule has 140 valence electrons. The lowest BCUT2D eigenvalue weighted by Gasteiger charge is -2.22. The van der Waals surface area contributed by atoms with Gasteiger partial charge in [-0.1, -0.05) is 15.9 Å². The normalized spacial score (nSPS) is 14.4. The quantitative estimate of drug-likeness (QED) is 0.383. The Balaban J connectivity index is 1.86. The molecular weight excluding hydrogens is 386 g/mol. The van der Waals surface area contributed by atoms with Gasteiger partial charge in [0.05, 0.1) is 20.8 Å². The number of nitrogens with zero attached hydrogens (tertiary/aromatic N) is 2. The molecule has 1 N–H and O–H groups in total. The Labute approximate surface area is 158 Å². The van der Waals surface area contributed by atoms with Crippen LogP contribution in [0, 0.1) is 5.92 Å². The Morgan fingerprint density at radius 3 is 2.56 bits per heavy atom. The summed E-state index contributed by atoms with van der Waals surface area (Å²) in [5.74, 6) is 3.04. The number of likely N-dealkylation sites (N-methyl/N-ethyl adjacent to an activating group) is 1. The Bertz CT molecular complexity index is 591. The van der Waals surface area contributed by atoms with Gasteiger partial charge >= 0.3 is 0 Å². The Kier molecular flexibility index (Phi) is 7.84. The van der Waals surface area contributed by atoms with Crippen molar-refractivity contribution in [1.29, 1.82) is 0 Å². The Hall–Kier alpha value is -1.47. The van der Waals surface area contributed by atoms with E-state index in [1.807, 2.05) is 19.2 Å². The number of ether oxygens (including phenoxy) is 3. The minimum absolute atomic E-state index is 0.626. The zero-order chi connectivity index (χ0) is 18.2. The first-order chi connectivity index (χ1) is 12.1. The fourth-order valence-electron chi connectivity index (χ4n) is 2.43. The average Bonchev–Trinajstić information content (AvgIpc) is 3.44. The van der Waals surface area contributed by atoms with Gasteiger partial charge in [0, 0.05) is 38.3 Å². The maximum absolute atomic E-state index is 5.70. The molecule has 0 radical (unpaired) electrons. The average molecular weight is 414 g/mol. The zero-order valence-corrected chi connectivity index (χ0v) is 17.1. The summed E-state index contributed by atoms with van der Waals surface area (Å²) in [5, 5.41) is 3.37. The van der Waals surface area contributed by atoms with E-state index in [1.54, 1.807) is 21.3 Å². The number of hydrogen-bond acceptors (Lipinski definition) is 4. The van der Waals surface area contributed by atoms with Crippen molar-refractivity contribution < 1.29 is 14.2 Å². The first-order valence-electron chi connectivity index (χ1n) is 8.49. The molecule has 6 nitrogen and oxygen atoms in total. The molecule has 1 aromatic rings. The third kappa shape index (κ3) is 6.08. The summed E-state index contributed by atoms with van der Waals surface area (Å²) in [6, 6.07) is 3.87. The summed E-state index contributed by atoms with van der Waals surface area (Å²) < 4.78 is 17.3. The van der Waals surface area contributed by atoms with Gasteiger partial charge < -0.3 is 24.4 Å². The molecule has 2 rings (SSSR count). The van der Waals surface area contributed by atoms with Gasteiger partial charge in [0.25, 0.3) is 0 Å². The molecule has 25 heavy (non-hydrogen) atoms. The van der Waals surface area contributed by atoms with Gasteiger partial charge in [-0.3, -0.25) is 4.99 Å². The Morgan fingerprint density at radius 2 is 1.96 bits per heavy atom. The minimum atomic E-state index is 0.626. The second kappa shape index (κ2) is 9.87. The lowest BCUT2D eigenvalue weighted by molar-refractivity contribution is 0.115. The van der Waals surface area contributed by atoms with Gasteiger partial charge in [0.15, 0.2) is 17.5 Å². The van der Waals surface area contributed by atoms with Crippen molar-refractivity contribution in [3.05, 3.63) is 22.2 Å². The molecule has 0 spiro atoms. The van der Waals surface area contributed by atoms with Crippen LogP contribution in [0.5, 0.6) is 11.5 Å². The maximum Gasteiger partial charge on any atom is 0.193 e. The van der Waals surface area contributed by atoms with Crippen LogP contribution in [0.1, 0.15) is 18.4 Å². The van der Waals surface area contributed by atoms with E-state index in [4.69, 9.17) is 14.2 Å². The number of halogens is 1.